The van der Waals surface area contributed by atoms with Crippen molar-refractivity contribution >= 4 is 38.2 Å². The van der Waals surface area contributed by atoms with Crippen LogP contribution >= 0.6 is 11.3 Å². The number of aromatic nitrogens is 4. The Morgan fingerprint density at radius 1 is 1.14 bits per heavy atom. The highest BCUT2D eigenvalue weighted by Gasteiger charge is 2.09. The van der Waals surface area contributed by atoms with E-state index in [2.05, 4.69) is 55.2 Å². The molecule has 4 N–H and O–H groups in total. The zero-order valence-electron chi connectivity index (χ0n) is 15.9. The van der Waals surface area contributed by atoms with Gasteiger partial charge in [0.2, 0.25) is 0 Å². The maximum absolute atomic E-state index is 4.68. The fourth-order valence-electron chi connectivity index (χ4n) is 2.98. The van der Waals surface area contributed by atoms with Crippen molar-refractivity contribution in [1.29, 1.82) is 0 Å². The quantitative estimate of drug-likeness (QED) is 0.336. The van der Waals surface area contributed by atoms with Crippen LogP contribution in [-0.4, -0.2) is 39.8 Å². The van der Waals surface area contributed by atoms with E-state index in [4.69, 9.17) is 0 Å². The number of fused-ring (bicyclic) bond motifs is 1. The summed E-state index contributed by atoms with van der Waals surface area (Å²) in [6.07, 6.45) is 3.65. The van der Waals surface area contributed by atoms with E-state index in [1.54, 1.807) is 17.5 Å². The van der Waals surface area contributed by atoms with Crippen molar-refractivity contribution in [2.24, 2.45) is 0 Å². The Hall–Kier alpha value is -2.97. The Balaban J connectivity index is 1.50. The molecule has 3 aromatic heterocycles. The average molecular weight is 394 g/mol. The van der Waals surface area contributed by atoms with Crippen LogP contribution in [0, 0.1) is 6.92 Å². The number of aryl methyl sites for hydroxylation is 1. The van der Waals surface area contributed by atoms with Crippen LogP contribution in [-0.2, 0) is 0 Å². The van der Waals surface area contributed by atoms with E-state index in [-0.39, 0.29) is 0 Å². The van der Waals surface area contributed by atoms with E-state index in [1.807, 2.05) is 31.3 Å². The fraction of sp³-hybridized carbons (Fsp3) is 0.250. The summed E-state index contributed by atoms with van der Waals surface area (Å²) < 4.78 is 1.13. The van der Waals surface area contributed by atoms with Crippen molar-refractivity contribution in [3.05, 3.63) is 48.4 Å². The standard InChI is InChI=1S/C20H23N7S/c1-3-21-8-9-22-15-6-7-23-19(11-15)26-20-25-17-5-4-14(10-18(17)28-20)16-12-24-27-13(16)2/h4-7,10-12,21H,3,8-9H2,1-2H3,(H,24,27)(H2,22,23,25,26). The molecule has 0 unspecified atom stereocenters. The molecule has 0 saturated heterocycles. The van der Waals surface area contributed by atoms with Gasteiger partial charge in [-0.1, -0.05) is 24.3 Å². The van der Waals surface area contributed by atoms with Gasteiger partial charge in [-0.05, 0) is 37.2 Å². The molecular formula is C20H23N7S. The van der Waals surface area contributed by atoms with Crippen LogP contribution < -0.4 is 16.0 Å². The number of rotatable bonds is 8. The predicted molar refractivity (Wildman–Crippen MR) is 116 cm³/mol. The van der Waals surface area contributed by atoms with Crippen LogP contribution in [0.25, 0.3) is 21.3 Å². The number of aromatic amines is 1. The molecule has 0 aliphatic heterocycles. The van der Waals surface area contributed by atoms with Crippen molar-refractivity contribution in [2.75, 3.05) is 30.3 Å². The molecule has 7 nitrogen and oxygen atoms in total. The largest absolute Gasteiger partial charge is 0.384 e. The van der Waals surface area contributed by atoms with Gasteiger partial charge in [0.1, 0.15) is 5.82 Å². The van der Waals surface area contributed by atoms with Gasteiger partial charge in [0.25, 0.3) is 0 Å². The number of likely N-dealkylation sites (N-methyl/N-ethyl adjacent to an activating group) is 1. The molecular weight excluding hydrogens is 370 g/mol. The van der Waals surface area contributed by atoms with E-state index in [0.29, 0.717) is 0 Å². The van der Waals surface area contributed by atoms with E-state index in [9.17, 15) is 0 Å². The molecule has 0 fully saturated rings. The number of benzene rings is 1. The zero-order chi connectivity index (χ0) is 19.3. The number of H-pyrrole nitrogens is 1. The van der Waals surface area contributed by atoms with Crippen molar-refractivity contribution in [2.45, 2.75) is 13.8 Å². The molecule has 28 heavy (non-hydrogen) atoms. The summed E-state index contributed by atoms with van der Waals surface area (Å²) in [7, 11) is 0. The SMILES string of the molecule is CCNCCNc1ccnc(Nc2nc3ccc(-c4cn[nH]c4C)cc3s2)c1. The molecule has 0 saturated carbocycles. The molecule has 144 valence electrons. The van der Waals surface area contributed by atoms with Crippen LogP contribution in [0.4, 0.5) is 16.6 Å². The van der Waals surface area contributed by atoms with Gasteiger partial charge in [-0.3, -0.25) is 5.10 Å². The van der Waals surface area contributed by atoms with Gasteiger partial charge in [-0.15, -0.1) is 0 Å². The summed E-state index contributed by atoms with van der Waals surface area (Å²) in [6.45, 7) is 6.90. The highest BCUT2D eigenvalue weighted by molar-refractivity contribution is 7.22. The predicted octanol–water partition coefficient (Wildman–Crippen LogP) is 4.15. The number of nitrogens with zero attached hydrogens (tertiary/aromatic N) is 3. The number of pyridine rings is 1. The molecule has 8 heteroatoms. The summed E-state index contributed by atoms with van der Waals surface area (Å²) in [5.74, 6) is 0.776. The zero-order valence-corrected chi connectivity index (χ0v) is 16.7. The maximum atomic E-state index is 4.68. The molecule has 0 radical (unpaired) electrons. The number of hydrogen-bond donors (Lipinski definition) is 4. The lowest BCUT2D eigenvalue weighted by Crippen LogP contribution is -2.21. The van der Waals surface area contributed by atoms with Crippen LogP contribution in [0.5, 0.6) is 0 Å². The summed E-state index contributed by atoms with van der Waals surface area (Å²) >= 11 is 1.62. The van der Waals surface area contributed by atoms with Gasteiger partial charge >= 0.3 is 0 Å². The summed E-state index contributed by atoms with van der Waals surface area (Å²) in [5, 5.41) is 17.9. The van der Waals surface area contributed by atoms with Crippen molar-refractivity contribution in [3.63, 3.8) is 0 Å². The number of nitrogens with one attached hydrogen (secondary N) is 4. The molecule has 0 spiro atoms. The van der Waals surface area contributed by atoms with Gasteiger partial charge in [-0.25, -0.2) is 9.97 Å². The Kier molecular flexibility index (Phi) is 5.50. The van der Waals surface area contributed by atoms with Crippen LogP contribution in [0.1, 0.15) is 12.6 Å². The van der Waals surface area contributed by atoms with Crippen LogP contribution in [0.3, 0.4) is 0 Å². The Bertz CT molecular complexity index is 1070. The lowest BCUT2D eigenvalue weighted by Gasteiger charge is -2.08. The third-order valence-corrected chi connectivity index (χ3v) is 5.34. The molecule has 0 aliphatic carbocycles. The maximum Gasteiger partial charge on any atom is 0.189 e. The number of anilines is 3. The number of thiazole rings is 1. The molecule has 4 aromatic rings. The summed E-state index contributed by atoms with van der Waals surface area (Å²) in [4.78, 5) is 9.09. The second kappa shape index (κ2) is 8.37. The van der Waals surface area contributed by atoms with E-state index in [1.165, 1.54) is 0 Å². The van der Waals surface area contributed by atoms with Crippen molar-refractivity contribution in [1.82, 2.24) is 25.5 Å². The third kappa shape index (κ3) is 4.13. The second-order valence-corrected chi connectivity index (χ2v) is 7.48. The van der Waals surface area contributed by atoms with E-state index >= 15 is 0 Å². The molecule has 0 bridgehead atoms. The fourth-order valence-corrected chi connectivity index (χ4v) is 3.89. The van der Waals surface area contributed by atoms with Gasteiger partial charge in [0.15, 0.2) is 5.13 Å². The molecule has 0 aliphatic rings. The average Bonchev–Trinajstić information content (AvgIpc) is 3.30. The lowest BCUT2D eigenvalue weighted by atomic mass is 10.1. The smallest absolute Gasteiger partial charge is 0.189 e. The van der Waals surface area contributed by atoms with E-state index < -0.39 is 0 Å². The monoisotopic (exact) mass is 393 g/mol. The van der Waals surface area contributed by atoms with Crippen LogP contribution in [0.15, 0.2) is 42.7 Å². The van der Waals surface area contributed by atoms with Crippen molar-refractivity contribution < 1.29 is 0 Å². The van der Waals surface area contributed by atoms with E-state index in [0.717, 1.165) is 63.3 Å². The molecule has 0 amide bonds. The lowest BCUT2D eigenvalue weighted by molar-refractivity contribution is 0.739. The minimum atomic E-state index is 0.776. The minimum absolute atomic E-state index is 0.776. The Morgan fingerprint density at radius 2 is 2.07 bits per heavy atom. The highest BCUT2D eigenvalue weighted by atomic mass is 32.1. The van der Waals surface area contributed by atoms with Gasteiger partial charge < -0.3 is 16.0 Å². The van der Waals surface area contributed by atoms with Gasteiger partial charge in [0, 0.05) is 42.3 Å². The Morgan fingerprint density at radius 3 is 2.89 bits per heavy atom. The first-order chi connectivity index (χ1) is 13.7. The van der Waals surface area contributed by atoms with Gasteiger partial charge in [0.05, 0.1) is 16.4 Å². The summed E-state index contributed by atoms with van der Waals surface area (Å²) in [6, 6.07) is 10.2. The first kappa shape index (κ1) is 18.4. The second-order valence-electron chi connectivity index (χ2n) is 6.45. The first-order valence-electron chi connectivity index (χ1n) is 9.31. The van der Waals surface area contributed by atoms with Gasteiger partial charge in [-0.2, -0.15) is 5.10 Å². The normalized spacial score (nSPS) is 11.1. The highest BCUT2D eigenvalue weighted by Crippen LogP contribution is 2.32. The molecule has 3 heterocycles. The van der Waals surface area contributed by atoms with Crippen LogP contribution in [0.2, 0.25) is 0 Å². The third-order valence-electron chi connectivity index (χ3n) is 4.41. The topological polar surface area (TPSA) is 90.6 Å². The molecule has 4 rings (SSSR count). The summed E-state index contributed by atoms with van der Waals surface area (Å²) in [5.41, 5.74) is 5.32. The number of hydrogen-bond acceptors (Lipinski definition) is 7. The van der Waals surface area contributed by atoms with Crippen molar-refractivity contribution in [3.8, 4) is 11.1 Å². The first-order valence-corrected chi connectivity index (χ1v) is 10.1. The Labute approximate surface area is 167 Å². The molecule has 1 aromatic carbocycles. The molecule has 0 atom stereocenters. The minimum Gasteiger partial charge on any atom is -0.384 e.